The summed E-state index contributed by atoms with van der Waals surface area (Å²) in [6, 6.07) is 0. The molecule has 3 saturated carbocycles. The lowest BCUT2D eigenvalue weighted by atomic mass is 9.46. The van der Waals surface area contributed by atoms with Crippen LogP contribution in [-0.4, -0.2) is 60.3 Å². The van der Waals surface area contributed by atoms with E-state index in [0.29, 0.717) is 38.5 Å². The first-order valence-corrected chi connectivity index (χ1v) is 12.9. The summed E-state index contributed by atoms with van der Waals surface area (Å²) in [5, 5.41) is 55.0. The molecule has 4 aliphatic carbocycles. The average molecular weight is 465 g/mol. The molecular weight excluding hydrogens is 420 g/mol. The molecule has 0 aromatic heterocycles. The van der Waals surface area contributed by atoms with E-state index in [1.165, 1.54) is 0 Å². The Kier molecular flexibility index (Phi) is 6.03. The molecule has 0 heterocycles. The van der Waals surface area contributed by atoms with Crippen molar-refractivity contribution in [3.8, 4) is 0 Å². The topological polar surface area (TPSA) is 118 Å². The van der Waals surface area contributed by atoms with E-state index in [-0.39, 0.29) is 35.4 Å². The highest BCUT2D eigenvalue weighted by molar-refractivity contribution is 5.95. The number of hydrogen-bond donors (Lipinski definition) is 5. The Bertz CT molecular complexity index is 827. The van der Waals surface area contributed by atoms with Crippen LogP contribution in [0.25, 0.3) is 0 Å². The number of fused-ring (bicyclic) bond motifs is 5. The van der Waals surface area contributed by atoms with Crippen molar-refractivity contribution in [2.75, 3.05) is 0 Å². The van der Waals surface area contributed by atoms with Gasteiger partial charge in [0.25, 0.3) is 0 Å². The lowest BCUT2D eigenvalue weighted by Gasteiger charge is -2.60. The van der Waals surface area contributed by atoms with E-state index in [2.05, 4.69) is 6.92 Å². The fourth-order valence-electron chi connectivity index (χ4n) is 8.27. The van der Waals surface area contributed by atoms with Crippen LogP contribution in [0.5, 0.6) is 0 Å². The zero-order valence-electron chi connectivity index (χ0n) is 21.0. The molecule has 4 aliphatic rings. The normalized spacial score (nSPS) is 46.0. The smallest absolute Gasteiger partial charge is 0.159 e. The molecule has 33 heavy (non-hydrogen) atoms. The van der Waals surface area contributed by atoms with Crippen LogP contribution in [0.15, 0.2) is 11.6 Å². The van der Waals surface area contributed by atoms with Gasteiger partial charge in [0.15, 0.2) is 5.78 Å². The first-order valence-electron chi connectivity index (χ1n) is 12.9. The van der Waals surface area contributed by atoms with Crippen molar-refractivity contribution >= 4 is 5.78 Å². The Morgan fingerprint density at radius 2 is 1.73 bits per heavy atom. The lowest BCUT2D eigenvalue weighted by molar-refractivity contribution is -0.172. The molecule has 0 saturated heterocycles. The largest absolute Gasteiger partial charge is 0.393 e. The Morgan fingerprint density at radius 1 is 1.06 bits per heavy atom. The molecule has 188 valence electrons. The highest BCUT2D eigenvalue weighted by atomic mass is 16.3. The summed E-state index contributed by atoms with van der Waals surface area (Å²) < 4.78 is 0. The predicted octanol–water partition coefficient (Wildman–Crippen LogP) is 2.88. The SMILES string of the molecule is CC(C)(O)CC[C@@H](O)[C@](C)(O)[C@@H]1CC[C@@]2(O)C3=CC(=O)[C@@H]4C[C@H](O)CC[C@]4(C)[C@@H]3CC[C@]12C. The van der Waals surface area contributed by atoms with Crippen molar-refractivity contribution in [3.63, 3.8) is 0 Å². The molecule has 5 N–H and O–H groups in total. The quantitative estimate of drug-likeness (QED) is 0.427. The maximum atomic E-state index is 13.2. The molecule has 0 spiro atoms. The van der Waals surface area contributed by atoms with Crippen molar-refractivity contribution in [3.05, 3.63) is 11.6 Å². The number of carbonyl (C=O) groups excluding carboxylic acids is 1. The van der Waals surface area contributed by atoms with Crippen LogP contribution in [0.3, 0.4) is 0 Å². The third-order valence-electron chi connectivity index (χ3n) is 10.5. The highest BCUT2D eigenvalue weighted by Gasteiger charge is 2.68. The molecule has 6 nitrogen and oxygen atoms in total. The molecule has 0 aromatic rings. The molecule has 0 aliphatic heterocycles. The van der Waals surface area contributed by atoms with Crippen LogP contribution < -0.4 is 0 Å². The highest BCUT2D eigenvalue weighted by Crippen LogP contribution is 2.68. The maximum Gasteiger partial charge on any atom is 0.159 e. The molecule has 9 atom stereocenters. The summed E-state index contributed by atoms with van der Waals surface area (Å²) in [4.78, 5) is 13.2. The van der Waals surface area contributed by atoms with Gasteiger partial charge in [0.2, 0.25) is 0 Å². The predicted molar refractivity (Wildman–Crippen MR) is 125 cm³/mol. The van der Waals surface area contributed by atoms with E-state index in [1.807, 2.05) is 6.92 Å². The summed E-state index contributed by atoms with van der Waals surface area (Å²) >= 11 is 0. The van der Waals surface area contributed by atoms with Crippen LogP contribution in [0, 0.1) is 28.6 Å². The lowest BCUT2D eigenvalue weighted by Crippen LogP contribution is -2.62. The summed E-state index contributed by atoms with van der Waals surface area (Å²) in [5.74, 6) is -0.426. The van der Waals surface area contributed by atoms with Gasteiger partial charge < -0.3 is 25.5 Å². The van der Waals surface area contributed by atoms with Crippen molar-refractivity contribution in [1.29, 1.82) is 0 Å². The molecule has 0 radical (unpaired) electrons. The van der Waals surface area contributed by atoms with Gasteiger partial charge in [0, 0.05) is 11.3 Å². The van der Waals surface area contributed by atoms with Crippen LogP contribution >= 0.6 is 0 Å². The number of allylic oxidation sites excluding steroid dienone is 1. The van der Waals surface area contributed by atoms with Crippen LogP contribution in [-0.2, 0) is 4.79 Å². The van der Waals surface area contributed by atoms with Crippen LogP contribution in [0.2, 0.25) is 0 Å². The zero-order chi connectivity index (χ0) is 24.6. The molecule has 0 aromatic carbocycles. The molecule has 4 rings (SSSR count). The summed E-state index contributed by atoms with van der Waals surface area (Å²) in [7, 11) is 0. The standard InChI is InChI=1S/C27H44O6/c1-23(2,31)10-9-22(30)26(5,32)21-8-13-27(33)18-15-20(29)19-14-16(28)6-11-24(19,3)17(18)7-12-25(21,27)4/h15-17,19,21-22,28,30-33H,6-14H2,1-5H3/t16-,17-,19+,21-,22-,24-,25-,26-,27-/m1/s1. The fourth-order valence-corrected chi connectivity index (χ4v) is 8.27. The van der Waals surface area contributed by atoms with E-state index in [9.17, 15) is 30.3 Å². The van der Waals surface area contributed by atoms with E-state index in [0.717, 1.165) is 18.4 Å². The number of ketones is 1. The monoisotopic (exact) mass is 464 g/mol. The van der Waals surface area contributed by atoms with Gasteiger partial charge >= 0.3 is 0 Å². The van der Waals surface area contributed by atoms with E-state index in [1.54, 1.807) is 26.8 Å². The Labute approximate surface area is 198 Å². The van der Waals surface area contributed by atoms with Crippen molar-refractivity contribution in [1.82, 2.24) is 0 Å². The van der Waals surface area contributed by atoms with Crippen molar-refractivity contribution in [2.45, 2.75) is 121 Å². The van der Waals surface area contributed by atoms with Crippen molar-refractivity contribution in [2.24, 2.45) is 28.6 Å². The number of carbonyl (C=O) groups is 1. The van der Waals surface area contributed by atoms with E-state index >= 15 is 0 Å². The fraction of sp³-hybridized carbons (Fsp3) is 0.889. The summed E-state index contributed by atoms with van der Waals surface area (Å²) in [6.07, 6.45) is 5.38. The Morgan fingerprint density at radius 3 is 2.36 bits per heavy atom. The minimum atomic E-state index is -1.42. The Balaban J connectivity index is 1.65. The summed E-state index contributed by atoms with van der Waals surface area (Å²) in [5.41, 5.74) is -3.64. The van der Waals surface area contributed by atoms with E-state index < -0.39 is 34.4 Å². The first-order chi connectivity index (χ1) is 15.1. The van der Waals surface area contributed by atoms with Crippen LogP contribution in [0.1, 0.15) is 92.4 Å². The zero-order valence-corrected chi connectivity index (χ0v) is 21.0. The van der Waals surface area contributed by atoms with E-state index in [4.69, 9.17) is 0 Å². The maximum absolute atomic E-state index is 13.2. The number of hydrogen-bond acceptors (Lipinski definition) is 6. The molecule has 0 amide bonds. The Hall–Kier alpha value is -0.790. The number of aliphatic hydroxyl groups is 5. The molecule has 0 unspecified atom stereocenters. The summed E-state index contributed by atoms with van der Waals surface area (Å²) in [6.45, 7) is 9.22. The average Bonchev–Trinajstić information content (AvgIpc) is 2.99. The molecular formula is C27H44O6. The third kappa shape index (κ3) is 3.76. The minimum absolute atomic E-state index is 0.0144. The minimum Gasteiger partial charge on any atom is -0.393 e. The van der Waals surface area contributed by atoms with Gasteiger partial charge in [0.1, 0.15) is 0 Å². The van der Waals surface area contributed by atoms with Gasteiger partial charge in [-0.25, -0.2) is 0 Å². The molecule has 6 heteroatoms. The van der Waals surface area contributed by atoms with Gasteiger partial charge in [-0.05, 0) is 107 Å². The third-order valence-corrected chi connectivity index (χ3v) is 10.5. The first kappa shape index (κ1) is 25.3. The van der Waals surface area contributed by atoms with Gasteiger partial charge in [-0.1, -0.05) is 13.8 Å². The van der Waals surface area contributed by atoms with Crippen LogP contribution in [0.4, 0.5) is 0 Å². The second kappa shape index (κ2) is 7.86. The second-order valence-electron chi connectivity index (χ2n) is 13.0. The second-order valence-corrected chi connectivity index (χ2v) is 13.0. The van der Waals surface area contributed by atoms with Gasteiger partial charge in [-0.2, -0.15) is 0 Å². The molecule has 0 bridgehead atoms. The molecule has 3 fully saturated rings. The van der Waals surface area contributed by atoms with Gasteiger partial charge in [0.05, 0.1) is 29.0 Å². The van der Waals surface area contributed by atoms with Gasteiger partial charge in [-0.15, -0.1) is 0 Å². The number of rotatable bonds is 5. The number of aliphatic hydroxyl groups excluding tert-OH is 2. The van der Waals surface area contributed by atoms with Crippen molar-refractivity contribution < 1.29 is 30.3 Å². The van der Waals surface area contributed by atoms with Gasteiger partial charge in [-0.3, -0.25) is 4.79 Å².